The number of halogens is 1. The Kier molecular flexibility index (Phi) is 3.41. The maximum atomic E-state index is 5.72. The van der Waals surface area contributed by atoms with Crippen molar-refractivity contribution in [2.45, 2.75) is 12.5 Å². The largest absolute Gasteiger partial charge is 0.372 e. The fraction of sp³-hybridized carbons (Fsp3) is 0.455. The normalized spacial score (nSPS) is 20.6. The molecule has 14 heavy (non-hydrogen) atoms. The van der Waals surface area contributed by atoms with Crippen LogP contribution in [0.4, 0.5) is 0 Å². The van der Waals surface area contributed by atoms with E-state index in [1.54, 1.807) is 0 Å². The van der Waals surface area contributed by atoms with Gasteiger partial charge in [0.15, 0.2) is 0 Å². The number of likely N-dealkylation sites (N-methyl/N-ethyl adjacent to an activating group) is 1. The number of fused-ring (bicyclic) bond motifs is 1. The first-order valence-corrected chi connectivity index (χ1v) is 5.93. The Morgan fingerprint density at radius 1 is 1.57 bits per heavy atom. The molecule has 1 aliphatic heterocycles. The van der Waals surface area contributed by atoms with E-state index in [2.05, 4.69) is 46.1 Å². The molecule has 0 unspecified atom stereocenters. The van der Waals surface area contributed by atoms with Crippen LogP contribution in [-0.2, 0) is 11.2 Å². The predicted molar refractivity (Wildman–Crippen MR) is 65.5 cm³/mol. The Labute approximate surface area is 98.2 Å². The van der Waals surface area contributed by atoms with Gasteiger partial charge in [-0.15, -0.1) is 0 Å². The van der Waals surface area contributed by atoms with Crippen molar-refractivity contribution in [3.63, 3.8) is 0 Å². The minimum absolute atomic E-state index is 0.237. The lowest BCUT2D eigenvalue weighted by atomic mass is 9.98. The second-order valence-electron chi connectivity index (χ2n) is 3.51. The van der Waals surface area contributed by atoms with Gasteiger partial charge in [0.2, 0.25) is 0 Å². The van der Waals surface area contributed by atoms with Crippen LogP contribution in [-0.4, -0.2) is 20.2 Å². The van der Waals surface area contributed by atoms with Gasteiger partial charge in [-0.05, 0) is 59.3 Å². The van der Waals surface area contributed by atoms with Gasteiger partial charge in [0.1, 0.15) is 0 Å². The molecular formula is C11H14INO. The van der Waals surface area contributed by atoms with Crippen LogP contribution in [0.3, 0.4) is 0 Å². The van der Waals surface area contributed by atoms with Crippen molar-refractivity contribution in [1.29, 1.82) is 0 Å². The van der Waals surface area contributed by atoms with E-state index in [4.69, 9.17) is 4.74 Å². The van der Waals surface area contributed by atoms with E-state index in [-0.39, 0.29) is 6.10 Å². The molecule has 1 aromatic rings. The molecule has 0 bridgehead atoms. The summed E-state index contributed by atoms with van der Waals surface area (Å²) in [7, 11) is 1.96. The first-order valence-electron chi connectivity index (χ1n) is 4.86. The van der Waals surface area contributed by atoms with Crippen LogP contribution in [0.1, 0.15) is 17.2 Å². The molecule has 0 saturated heterocycles. The molecular weight excluding hydrogens is 289 g/mol. The molecule has 1 atom stereocenters. The SMILES string of the molecule is CNC[C@@H]1OCCc2cc(I)ccc21. The number of hydrogen-bond acceptors (Lipinski definition) is 2. The third kappa shape index (κ3) is 2.10. The summed E-state index contributed by atoms with van der Waals surface area (Å²) >= 11 is 2.36. The molecule has 0 radical (unpaired) electrons. The van der Waals surface area contributed by atoms with Crippen molar-refractivity contribution in [3.05, 3.63) is 32.9 Å². The number of ether oxygens (including phenoxy) is 1. The van der Waals surface area contributed by atoms with Crippen LogP contribution in [0.15, 0.2) is 18.2 Å². The number of hydrogen-bond donors (Lipinski definition) is 1. The van der Waals surface area contributed by atoms with E-state index in [0.29, 0.717) is 0 Å². The fourth-order valence-electron chi connectivity index (χ4n) is 1.86. The van der Waals surface area contributed by atoms with Gasteiger partial charge in [0, 0.05) is 10.1 Å². The van der Waals surface area contributed by atoms with Crippen LogP contribution in [0.2, 0.25) is 0 Å². The predicted octanol–water partition coefficient (Wildman–Crippen LogP) is 2.12. The summed E-state index contributed by atoms with van der Waals surface area (Å²) in [5, 5.41) is 3.17. The lowest BCUT2D eigenvalue weighted by molar-refractivity contribution is 0.0438. The lowest BCUT2D eigenvalue weighted by Crippen LogP contribution is -2.25. The summed E-state index contributed by atoms with van der Waals surface area (Å²) in [6.45, 7) is 1.74. The molecule has 0 spiro atoms. The summed E-state index contributed by atoms with van der Waals surface area (Å²) in [6, 6.07) is 6.61. The smallest absolute Gasteiger partial charge is 0.0951 e. The molecule has 0 fully saturated rings. The van der Waals surface area contributed by atoms with Crippen molar-refractivity contribution in [2.75, 3.05) is 20.2 Å². The van der Waals surface area contributed by atoms with Gasteiger partial charge in [-0.1, -0.05) is 6.07 Å². The highest BCUT2D eigenvalue weighted by atomic mass is 127. The second kappa shape index (κ2) is 4.59. The zero-order valence-electron chi connectivity index (χ0n) is 8.22. The summed E-state index contributed by atoms with van der Waals surface area (Å²) in [4.78, 5) is 0. The minimum Gasteiger partial charge on any atom is -0.372 e. The zero-order valence-corrected chi connectivity index (χ0v) is 10.4. The van der Waals surface area contributed by atoms with Gasteiger partial charge in [0.05, 0.1) is 12.7 Å². The molecule has 1 heterocycles. The topological polar surface area (TPSA) is 21.3 Å². The van der Waals surface area contributed by atoms with Crippen molar-refractivity contribution < 1.29 is 4.74 Å². The van der Waals surface area contributed by atoms with E-state index in [1.165, 1.54) is 14.7 Å². The Morgan fingerprint density at radius 2 is 2.43 bits per heavy atom. The average Bonchev–Trinajstić information content (AvgIpc) is 2.18. The molecule has 0 saturated carbocycles. The average molecular weight is 303 g/mol. The highest BCUT2D eigenvalue weighted by Gasteiger charge is 2.19. The highest BCUT2D eigenvalue weighted by molar-refractivity contribution is 14.1. The standard InChI is InChI=1S/C11H14INO/c1-13-7-11-10-3-2-9(12)6-8(10)4-5-14-11/h2-3,6,11,13H,4-5,7H2,1H3/t11-/m0/s1. The number of nitrogens with one attached hydrogen (secondary N) is 1. The molecule has 76 valence electrons. The minimum atomic E-state index is 0.237. The van der Waals surface area contributed by atoms with Crippen LogP contribution < -0.4 is 5.32 Å². The number of benzene rings is 1. The summed E-state index contributed by atoms with van der Waals surface area (Å²) in [5.41, 5.74) is 2.80. The molecule has 0 aliphatic carbocycles. The van der Waals surface area contributed by atoms with Gasteiger partial charge in [-0.25, -0.2) is 0 Å². The second-order valence-corrected chi connectivity index (χ2v) is 4.76. The third-order valence-electron chi connectivity index (χ3n) is 2.53. The monoisotopic (exact) mass is 303 g/mol. The van der Waals surface area contributed by atoms with E-state index in [0.717, 1.165) is 19.6 Å². The Bertz CT molecular complexity index is 327. The zero-order chi connectivity index (χ0) is 9.97. The van der Waals surface area contributed by atoms with Gasteiger partial charge < -0.3 is 10.1 Å². The fourth-order valence-corrected chi connectivity index (χ4v) is 2.42. The summed E-state index contributed by atoms with van der Waals surface area (Å²) in [6.07, 6.45) is 1.28. The van der Waals surface area contributed by atoms with Crippen molar-refractivity contribution in [2.24, 2.45) is 0 Å². The lowest BCUT2D eigenvalue weighted by Gasteiger charge is -2.26. The molecule has 0 amide bonds. The quantitative estimate of drug-likeness (QED) is 0.845. The molecule has 2 rings (SSSR count). The van der Waals surface area contributed by atoms with Crippen molar-refractivity contribution >= 4 is 22.6 Å². The van der Waals surface area contributed by atoms with Crippen LogP contribution in [0.5, 0.6) is 0 Å². The van der Waals surface area contributed by atoms with E-state index < -0.39 is 0 Å². The first-order chi connectivity index (χ1) is 6.81. The maximum Gasteiger partial charge on any atom is 0.0951 e. The molecule has 1 N–H and O–H groups in total. The Balaban J connectivity index is 2.30. The molecule has 2 nitrogen and oxygen atoms in total. The van der Waals surface area contributed by atoms with Crippen molar-refractivity contribution in [3.8, 4) is 0 Å². The Hall–Kier alpha value is -0.130. The van der Waals surface area contributed by atoms with E-state index in [9.17, 15) is 0 Å². The Morgan fingerprint density at radius 3 is 3.21 bits per heavy atom. The van der Waals surface area contributed by atoms with Crippen molar-refractivity contribution in [1.82, 2.24) is 5.32 Å². The molecule has 3 heteroatoms. The van der Waals surface area contributed by atoms with Gasteiger partial charge >= 0.3 is 0 Å². The maximum absolute atomic E-state index is 5.72. The van der Waals surface area contributed by atoms with Crippen LogP contribution >= 0.6 is 22.6 Å². The number of rotatable bonds is 2. The van der Waals surface area contributed by atoms with Gasteiger partial charge in [-0.2, -0.15) is 0 Å². The van der Waals surface area contributed by atoms with E-state index >= 15 is 0 Å². The first kappa shape index (κ1) is 10.4. The third-order valence-corrected chi connectivity index (χ3v) is 3.20. The summed E-state index contributed by atoms with van der Waals surface area (Å²) in [5.74, 6) is 0. The van der Waals surface area contributed by atoms with Crippen LogP contribution in [0, 0.1) is 3.57 Å². The van der Waals surface area contributed by atoms with Gasteiger partial charge in [-0.3, -0.25) is 0 Å². The van der Waals surface area contributed by atoms with Gasteiger partial charge in [0.25, 0.3) is 0 Å². The van der Waals surface area contributed by atoms with Crippen LogP contribution in [0.25, 0.3) is 0 Å². The molecule has 1 aromatic carbocycles. The van der Waals surface area contributed by atoms with E-state index in [1.807, 2.05) is 7.05 Å². The molecule has 0 aromatic heterocycles. The highest BCUT2D eigenvalue weighted by Crippen LogP contribution is 2.27. The summed E-state index contributed by atoms with van der Waals surface area (Å²) < 4.78 is 7.03. The molecule has 1 aliphatic rings.